The predicted molar refractivity (Wildman–Crippen MR) is 124 cm³/mol. The van der Waals surface area contributed by atoms with Gasteiger partial charge in [0.1, 0.15) is 23.0 Å². The van der Waals surface area contributed by atoms with E-state index in [0.717, 1.165) is 58.1 Å². The van der Waals surface area contributed by atoms with Gasteiger partial charge in [0, 0.05) is 35.2 Å². The van der Waals surface area contributed by atoms with Crippen molar-refractivity contribution in [3.05, 3.63) is 77.7 Å². The summed E-state index contributed by atoms with van der Waals surface area (Å²) in [5, 5.41) is 4.51. The number of H-pyrrole nitrogens is 1. The predicted octanol–water partition coefficient (Wildman–Crippen LogP) is 6.05. The van der Waals surface area contributed by atoms with Gasteiger partial charge in [-0.1, -0.05) is 37.3 Å². The van der Waals surface area contributed by atoms with Gasteiger partial charge in [-0.3, -0.25) is 0 Å². The maximum atomic E-state index is 13.1. The van der Waals surface area contributed by atoms with Crippen LogP contribution in [0, 0.1) is 12.7 Å². The lowest BCUT2D eigenvalue weighted by molar-refractivity contribution is 0.627. The number of nitrogens with zero attached hydrogens (tertiary/aromatic N) is 3. The summed E-state index contributed by atoms with van der Waals surface area (Å²) in [4.78, 5) is 13.3. The average molecular weight is 414 g/mol. The molecular formula is C25H24FN5. The van der Waals surface area contributed by atoms with E-state index >= 15 is 0 Å². The molecule has 2 aromatic carbocycles. The number of nitrogens with one attached hydrogen (secondary N) is 2. The summed E-state index contributed by atoms with van der Waals surface area (Å²) >= 11 is 0. The van der Waals surface area contributed by atoms with Gasteiger partial charge in [0.05, 0.1) is 0 Å². The van der Waals surface area contributed by atoms with Crippen LogP contribution >= 0.6 is 0 Å². The Labute approximate surface area is 180 Å². The van der Waals surface area contributed by atoms with Crippen LogP contribution in [-0.2, 0) is 13.1 Å². The molecule has 0 aliphatic rings. The maximum Gasteiger partial charge on any atom is 0.162 e. The van der Waals surface area contributed by atoms with E-state index < -0.39 is 0 Å². The van der Waals surface area contributed by atoms with Crippen LogP contribution in [-0.4, -0.2) is 19.5 Å². The van der Waals surface area contributed by atoms with Crippen LogP contribution in [0.5, 0.6) is 0 Å². The number of benzene rings is 2. The van der Waals surface area contributed by atoms with Crippen molar-refractivity contribution in [2.24, 2.45) is 0 Å². The van der Waals surface area contributed by atoms with Gasteiger partial charge in [-0.25, -0.2) is 14.4 Å². The number of aryl methyl sites for hydroxylation is 2. The van der Waals surface area contributed by atoms with E-state index in [1.165, 1.54) is 17.5 Å². The number of aromatic amines is 1. The molecule has 5 nitrogen and oxygen atoms in total. The number of rotatable bonds is 6. The lowest BCUT2D eigenvalue weighted by atomic mass is 10.1. The number of pyridine rings is 1. The molecule has 0 radical (unpaired) electrons. The molecule has 0 atom stereocenters. The normalized spacial score (nSPS) is 11.5. The third kappa shape index (κ3) is 3.54. The van der Waals surface area contributed by atoms with Gasteiger partial charge in [-0.2, -0.15) is 0 Å². The summed E-state index contributed by atoms with van der Waals surface area (Å²) in [6.07, 6.45) is 0.981. The van der Waals surface area contributed by atoms with E-state index in [0.29, 0.717) is 6.54 Å². The van der Waals surface area contributed by atoms with Gasteiger partial charge in [0.15, 0.2) is 5.65 Å². The Balaban J connectivity index is 1.56. The Morgan fingerprint density at radius 1 is 1.00 bits per heavy atom. The molecule has 6 heteroatoms. The molecular weight excluding hydrogens is 389 g/mol. The second-order valence-corrected chi connectivity index (χ2v) is 7.78. The monoisotopic (exact) mass is 413 g/mol. The van der Waals surface area contributed by atoms with Crippen molar-refractivity contribution in [1.29, 1.82) is 0 Å². The molecule has 0 aliphatic carbocycles. The van der Waals surface area contributed by atoms with Crippen molar-refractivity contribution in [1.82, 2.24) is 19.5 Å². The van der Waals surface area contributed by atoms with E-state index in [-0.39, 0.29) is 5.82 Å². The molecule has 156 valence electrons. The molecule has 0 saturated carbocycles. The van der Waals surface area contributed by atoms with Gasteiger partial charge >= 0.3 is 0 Å². The lowest BCUT2D eigenvalue weighted by Gasteiger charge is -2.09. The highest BCUT2D eigenvalue weighted by atomic mass is 19.1. The summed E-state index contributed by atoms with van der Waals surface area (Å²) in [7, 11) is 0. The summed E-state index contributed by atoms with van der Waals surface area (Å²) in [6.45, 7) is 5.66. The quantitative estimate of drug-likeness (QED) is 0.356. The van der Waals surface area contributed by atoms with Crippen molar-refractivity contribution in [2.45, 2.75) is 33.4 Å². The van der Waals surface area contributed by atoms with Crippen molar-refractivity contribution in [3.63, 3.8) is 0 Å². The first-order chi connectivity index (χ1) is 15.1. The number of imidazole rings is 1. The number of hydrogen-bond donors (Lipinski definition) is 2. The van der Waals surface area contributed by atoms with Crippen LogP contribution in [0.25, 0.3) is 33.5 Å². The molecule has 0 fully saturated rings. The van der Waals surface area contributed by atoms with E-state index in [4.69, 9.17) is 9.97 Å². The fourth-order valence-electron chi connectivity index (χ4n) is 4.09. The fourth-order valence-corrected chi connectivity index (χ4v) is 4.09. The third-order valence-corrected chi connectivity index (χ3v) is 5.54. The number of para-hydroxylation sites is 1. The minimum Gasteiger partial charge on any atom is -0.366 e. The highest BCUT2D eigenvalue weighted by Gasteiger charge is 2.19. The number of fused-ring (bicyclic) bond motifs is 2. The zero-order valence-electron chi connectivity index (χ0n) is 17.6. The number of halogens is 1. The first-order valence-corrected chi connectivity index (χ1v) is 10.6. The minimum atomic E-state index is -0.230. The minimum absolute atomic E-state index is 0.230. The van der Waals surface area contributed by atoms with Gasteiger partial charge in [0.25, 0.3) is 0 Å². The van der Waals surface area contributed by atoms with Crippen LogP contribution in [0.15, 0.2) is 60.7 Å². The Morgan fingerprint density at radius 3 is 2.61 bits per heavy atom. The van der Waals surface area contributed by atoms with E-state index in [1.807, 2.05) is 18.2 Å². The Hall–Kier alpha value is -3.67. The second kappa shape index (κ2) is 7.87. The van der Waals surface area contributed by atoms with E-state index in [9.17, 15) is 4.39 Å². The SMILES string of the molecule is CCCn1c(-c2c(C)[nH]c3ccccc23)nc2ccc(NCc3ccc(F)cc3)nc21. The standard InChI is InChI=1S/C25H24FN5/c1-3-14-31-24-21(12-13-22(30-24)27-15-17-8-10-18(26)11-9-17)29-25(31)23-16(2)28-20-7-5-4-6-19(20)23/h4-13,28H,3,14-15H2,1-2H3,(H,27,30). The average Bonchev–Trinajstić information content (AvgIpc) is 3.29. The largest absolute Gasteiger partial charge is 0.366 e. The number of hydrogen-bond acceptors (Lipinski definition) is 3. The summed E-state index contributed by atoms with van der Waals surface area (Å²) in [5.74, 6) is 1.48. The van der Waals surface area contributed by atoms with Gasteiger partial charge in [-0.05, 0) is 49.2 Å². The molecule has 2 N–H and O–H groups in total. The summed E-state index contributed by atoms with van der Waals surface area (Å²) in [6, 6.07) is 18.8. The zero-order valence-corrected chi connectivity index (χ0v) is 17.6. The van der Waals surface area contributed by atoms with Crippen LogP contribution in [0.1, 0.15) is 24.6 Å². The second-order valence-electron chi connectivity index (χ2n) is 7.78. The van der Waals surface area contributed by atoms with Crippen molar-refractivity contribution < 1.29 is 4.39 Å². The number of aromatic nitrogens is 4. The van der Waals surface area contributed by atoms with Crippen molar-refractivity contribution in [2.75, 3.05) is 5.32 Å². The van der Waals surface area contributed by atoms with Gasteiger partial charge in [-0.15, -0.1) is 0 Å². The first kappa shape index (κ1) is 19.3. The fraction of sp³-hybridized carbons (Fsp3) is 0.200. The van der Waals surface area contributed by atoms with Crippen LogP contribution in [0.3, 0.4) is 0 Å². The molecule has 0 unspecified atom stereocenters. The molecule has 0 bridgehead atoms. The van der Waals surface area contributed by atoms with Crippen LogP contribution in [0.2, 0.25) is 0 Å². The molecule has 3 aromatic heterocycles. The van der Waals surface area contributed by atoms with E-state index in [2.05, 4.69) is 46.9 Å². The first-order valence-electron chi connectivity index (χ1n) is 10.6. The smallest absolute Gasteiger partial charge is 0.162 e. The summed E-state index contributed by atoms with van der Waals surface area (Å²) < 4.78 is 15.4. The Kier molecular flexibility index (Phi) is 4.90. The molecule has 3 heterocycles. The van der Waals surface area contributed by atoms with Crippen LogP contribution in [0.4, 0.5) is 10.2 Å². The molecule has 0 amide bonds. The zero-order chi connectivity index (χ0) is 21.4. The molecule has 5 rings (SSSR count). The number of anilines is 1. The lowest BCUT2D eigenvalue weighted by Crippen LogP contribution is -2.04. The highest BCUT2D eigenvalue weighted by molar-refractivity contribution is 5.97. The molecule has 0 spiro atoms. The van der Waals surface area contributed by atoms with Crippen LogP contribution < -0.4 is 5.32 Å². The van der Waals surface area contributed by atoms with Crippen molar-refractivity contribution in [3.8, 4) is 11.4 Å². The Morgan fingerprint density at radius 2 is 1.81 bits per heavy atom. The van der Waals surface area contributed by atoms with Gasteiger partial charge < -0.3 is 14.9 Å². The summed E-state index contributed by atoms with van der Waals surface area (Å²) in [5.41, 5.74) is 6.08. The van der Waals surface area contributed by atoms with E-state index in [1.54, 1.807) is 12.1 Å². The Bertz CT molecular complexity index is 1360. The maximum absolute atomic E-state index is 13.1. The van der Waals surface area contributed by atoms with Crippen molar-refractivity contribution >= 4 is 27.9 Å². The highest BCUT2D eigenvalue weighted by Crippen LogP contribution is 2.33. The topological polar surface area (TPSA) is 58.5 Å². The molecule has 0 saturated heterocycles. The molecule has 5 aromatic rings. The third-order valence-electron chi connectivity index (χ3n) is 5.54. The molecule has 0 aliphatic heterocycles. The molecule has 31 heavy (non-hydrogen) atoms. The van der Waals surface area contributed by atoms with Gasteiger partial charge in [0.2, 0.25) is 0 Å².